The van der Waals surface area contributed by atoms with E-state index in [2.05, 4.69) is 32.6 Å². The molecule has 0 aromatic heterocycles. The molecule has 1 saturated heterocycles. The largest absolute Gasteiger partial charge is 0.326 e. The molecule has 0 amide bonds. The molecular formula is C15H30N2. The van der Waals surface area contributed by atoms with Gasteiger partial charge < -0.3 is 5.73 Å². The third-order valence-electron chi connectivity index (χ3n) is 5.02. The van der Waals surface area contributed by atoms with E-state index in [1.807, 2.05) is 0 Å². The van der Waals surface area contributed by atoms with Crippen LogP contribution in [0.1, 0.15) is 53.4 Å². The van der Waals surface area contributed by atoms with Gasteiger partial charge in [-0.3, -0.25) is 4.90 Å². The molecule has 0 bridgehead atoms. The van der Waals surface area contributed by atoms with Gasteiger partial charge in [-0.2, -0.15) is 0 Å². The van der Waals surface area contributed by atoms with E-state index in [1.165, 1.54) is 32.2 Å². The van der Waals surface area contributed by atoms with Crippen LogP contribution in [0.15, 0.2) is 0 Å². The molecular weight excluding hydrogens is 208 g/mol. The Labute approximate surface area is 107 Å². The van der Waals surface area contributed by atoms with Gasteiger partial charge in [0.25, 0.3) is 0 Å². The molecule has 1 aliphatic heterocycles. The van der Waals surface area contributed by atoms with Crippen molar-refractivity contribution in [1.29, 1.82) is 0 Å². The van der Waals surface area contributed by atoms with Gasteiger partial charge in [0.1, 0.15) is 0 Å². The van der Waals surface area contributed by atoms with Crippen LogP contribution in [0.25, 0.3) is 0 Å². The van der Waals surface area contributed by atoms with Crippen molar-refractivity contribution in [2.45, 2.75) is 71.5 Å². The minimum atomic E-state index is 0.390. The van der Waals surface area contributed by atoms with Crippen molar-refractivity contribution in [2.24, 2.45) is 23.5 Å². The monoisotopic (exact) mass is 238 g/mol. The molecule has 6 atom stereocenters. The Kier molecular flexibility index (Phi) is 4.14. The minimum absolute atomic E-state index is 0.390. The van der Waals surface area contributed by atoms with Crippen LogP contribution in [0.3, 0.4) is 0 Å². The summed E-state index contributed by atoms with van der Waals surface area (Å²) >= 11 is 0. The molecule has 1 saturated carbocycles. The first-order valence-corrected chi connectivity index (χ1v) is 7.50. The van der Waals surface area contributed by atoms with Crippen molar-refractivity contribution in [3.05, 3.63) is 0 Å². The first-order valence-electron chi connectivity index (χ1n) is 7.50. The van der Waals surface area contributed by atoms with Gasteiger partial charge >= 0.3 is 0 Å². The van der Waals surface area contributed by atoms with Crippen LogP contribution >= 0.6 is 0 Å². The summed E-state index contributed by atoms with van der Waals surface area (Å²) < 4.78 is 0. The standard InChI is InChI=1S/C15H30N2/c1-10-5-6-13(4)17(9-10)15-12(3)7-11(2)8-14(15)16/h10-15H,5-9,16H2,1-4H3. The van der Waals surface area contributed by atoms with Gasteiger partial charge in [-0.25, -0.2) is 0 Å². The second-order valence-electron chi connectivity index (χ2n) is 6.94. The van der Waals surface area contributed by atoms with Gasteiger partial charge in [0, 0.05) is 24.7 Å². The molecule has 2 nitrogen and oxygen atoms in total. The molecule has 2 N–H and O–H groups in total. The summed E-state index contributed by atoms with van der Waals surface area (Å²) in [7, 11) is 0. The van der Waals surface area contributed by atoms with E-state index in [0.717, 1.165) is 23.8 Å². The summed E-state index contributed by atoms with van der Waals surface area (Å²) in [5, 5.41) is 0. The highest BCUT2D eigenvalue weighted by molar-refractivity contribution is 4.95. The Morgan fingerprint density at radius 1 is 0.941 bits per heavy atom. The van der Waals surface area contributed by atoms with E-state index >= 15 is 0 Å². The highest BCUT2D eigenvalue weighted by Gasteiger charge is 2.39. The van der Waals surface area contributed by atoms with Crippen molar-refractivity contribution in [3.63, 3.8) is 0 Å². The zero-order valence-electron chi connectivity index (χ0n) is 12.0. The molecule has 1 aliphatic carbocycles. The van der Waals surface area contributed by atoms with E-state index in [9.17, 15) is 0 Å². The number of likely N-dealkylation sites (tertiary alicyclic amines) is 1. The topological polar surface area (TPSA) is 29.3 Å². The SMILES string of the molecule is CC1CC(C)C(N2CC(C)CCC2C)C(N)C1. The number of piperidine rings is 1. The lowest BCUT2D eigenvalue weighted by molar-refractivity contribution is 0.0113. The average molecular weight is 238 g/mol. The van der Waals surface area contributed by atoms with Crippen LogP contribution in [-0.2, 0) is 0 Å². The van der Waals surface area contributed by atoms with Crippen molar-refractivity contribution in [3.8, 4) is 0 Å². The zero-order chi connectivity index (χ0) is 12.6. The number of rotatable bonds is 1. The summed E-state index contributed by atoms with van der Waals surface area (Å²) in [5.74, 6) is 2.43. The van der Waals surface area contributed by atoms with Crippen LogP contribution in [0.4, 0.5) is 0 Å². The van der Waals surface area contributed by atoms with Gasteiger partial charge in [0.2, 0.25) is 0 Å². The predicted molar refractivity (Wildman–Crippen MR) is 73.9 cm³/mol. The van der Waals surface area contributed by atoms with Gasteiger partial charge in [0.05, 0.1) is 0 Å². The Morgan fingerprint density at radius 3 is 2.29 bits per heavy atom. The van der Waals surface area contributed by atoms with Gasteiger partial charge in [-0.1, -0.05) is 20.8 Å². The highest BCUT2D eigenvalue weighted by atomic mass is 15.2. The fraction of sp³-hybridized carbons (Fsp3) is 1.00. The second kappa shape index (κ2) is 5.27. The third-order valence-corrected chi connectivity index (χ3v) is 5.02. The molecule has 1 heterocycles. The van der Waals surface area contributed by atoms with Crippen LogP contribution in [0.2, 0.25) is 0 Å². The Hall–Kier alpha value is -0.0800. The van der Waals surface area contributed by atoms with Crippen LogP contribution in [0, 0.1) is 17.8 Å². The Bertz CT molecular complexity index is 241. The van der Waals surface area contributed by atoms with Crippen molar-refractivity contribution in [1.82, 2.24) is 4.90 Å². The van der Waals surface area contributed by atoms with E-state index in [0.29, 0.717) is 12.1 Å². The lowest BCUT2D eigenvalue weighted by atomic mass is 9.75. The van der Waals surface area contributed by atoms with E-state index in [4.69, 9.17) is 5.73 Å². The Morgan fingerprint density at radius 2 is 1.65 bits per heavy atom. The molecule has 17 heavy (non-hydrogen) atoms. The molecule has 0 aromatic carbocycles. The molecule has 0 radical (unpaired) electrons. The lowest BCUT2D eigenvalue weighted by Crippen LogP contribution is -2.59. The van der Waals surface area contributed by atoms with E-state index in [-0.39, 0.29) is 0 Å². The predicted octanol–water partition coefficient (Wildman–Crippen LogP) is 2.87. The van der Waals surface area contributed by atoms with Gasteiger partial charge in [-0.05, 0) is 50.4 Å². The third kappa shape index (κ3) is 2.85. The van der Waals surface area contributed by atoms with Crippen LogP contribution in [0.5, 0.6) is 0 Å². The van der Waals surface area contributed by atoms with Gasteiger partial charge in [-0.15, -0.1) is 0 Å². The van der Waals surface area contributed by atoms with Gasteiger partial charge in [0.15, 0.2) is 0 Å². The van der Waals surface area contributed by atoms with E-state index in [1.54, 1.807) is 0 Å². The number of hydrogen-bond donors (Lipinski definition) is 1. The maximum Gasteiger partial charge on any atom is 0.0275 e. The normalized spacial score (nSPS) is 49.2. The molecule has 100 valence electrons. The number of hydrogen-bond acceptors (Lipinski definition) is 2. The lowest BCUT2D eigenvalue weighted by Gasteiger charge is -2.49. The quantitative estimate of drug-likeness (QED) is 0.761. The summed E-state index contributed by atoms with van der Waals surface area (Å²) in [5.41, 5.74) is 6.46. The zero-order valence-corrected chi connectivity index (χ0v) is 12.0. The van der Waals surface area contributed by atoms with Crippen molar-refractivity contribution in [2.75, 3.05) is 6.54 Å². The van der Waals surface area contributed by atoms with E-state index < -0.39 is 0 Å². The number of nitrogens with two attached hydrogens (primary N) is 1. The Balaban J connectivity index is 2.08. The summed E-state index contributed by atoms with van der Waals surface area (Å²) in [4.78, 5) is 2.73. The fourth-order valence-electron chi connectivity index (χ4n) is 4.21. The minimum Gasteiger partial charge on any atom is -0.326 e. The highest BCUT2D eigenvalue weighted by Crippen LogP contribution is 2.35. The molecule has 2 aliphatic rings. The maximum absolute atomic E-state index is 6.46. The molecule has 2 rings (SSSR count). The maximum atomic E-state index is 6.46. The molecule has 2 heteroatoms. The first-order chi connectivity index (χ1) is 7.99. The molecule has 2 fully saturated rings. The van der Waals surface area contributed by atoms with Crippen LogP contribution in [-0.4, -0.2) is 29.6 Å². The molecule has 6 unspecified atom stereocenters. The average Bonchev–Trinajstić information content (AvgIpc) is 2.21. The van der Waals surface area contributed by atoms with Crippen LogP contribution < -0.4 is 5.73 Å². The molecule has 0 aromatic rings. The van der Waals surface area contributed by atoms with Crippen molar-refractivity contribution >= 4 is 0 Å². The second-order valence-corrected chi connectivity index (χ2v) is 6.94. The number of nitrogens with zero attached hydrogens (tertiary/aromatic N) is 1. The smallest absolute Gasteiger partial charge is 0.0275 e. The fourth-order valence-corrected chi connectivity index (χ4v) is 4.21. The van der Waals surface area contributed by atoms with Crippen molar-refractivity contribution < 1.29 is 0 Å². The summed E-state index contributed by atoms with van der Waals surface area (Å²) in [6.45, 7) is 10.8. The summed E-state index contributed by atoms with van der Waals surface area (Å²) in [6.07, 6.45) is 5.32. The first kappa shape index (κ1) is 13.4. The molecule has 0 spiro atoms. The summed E-state index contributed by atoms with van der Waals surface area (Å²) in [6, 6.07) is 1.75.